The number of benzene rings is 1. The molecule has 0 saturated heterocycles. The van der Waals surface area contributed by atoms with Crippen LogP contribution < -0.4 is 4.74 Å². The van der Waals surface area contributed by atoms with Crippen LogP contribution >= 0.6 is 23.2 Å². The summed E-state index contributed by atoms with van der Waals surface area (Å²) in [5.74, 6) is 0.551. The maximum absolute atomic E-state index is 9.61. The summed E-state index contributed by atoms with van der Waals surface area (Å²) in [6.45, 7) is 0. The number of aliphatic hydroxyl groups excluding tert-OH is 1. The fourth-order valence-electron chi connectivity index (χ4n) is 1.77. The predicted octanol–water partition coefficient (Wildman–Crippen LogP) is 3.29. The van der Waals surface area contributed by atoms with Gasteiger partial charge in [0, 0.05) is 11.1 Å². The molecule has 0 amide bonds. The fraction of sp³-hybridized carbons (Fsp3) is 0.455. The van der Waals surface area contributed by atoms with Gasteiger partial charge in [0.15, 0.2) is 0 Å². The first-order valence-electron chi connectivity index (χ1n) is 4.96. The van der Waals surface area contributed by atoms with Crippen molar-refractivity contribution in [2.45, 2.75) is 31.5 Å². The van der Waals surface area contributed by atoms with Crippen molar-refractivity contribution >= 4 is 23.2 Å². The first-order chi connectivity index (χ1) is 7.16. The number of ether oxygens (including phenoxy) is 1. The lowest BCUT2D eigenvalue weighted by Gasteiger charge is -2.18. The molecule has 1 fully saturated rings. The van der Waals surface area contributed by atoms with Gasteiger partial charge in [-0.3, -0.25) is 0 Å². The van der Waals surface area contributed by atoms with Crippen molar-refractivity contribution in [3.63, 3.8) is 0 Å². The Morgan fingerprint density at radius 2 is 2.07 bits per heavy atom. The Morgan fingerprint density at radius 1 is 1.27 bits per heavy atom. The Kier molecular flexibility index (Phi) is 3.39. The summed E-state index contributed by atoms with van der Waals surface area (Å²) in [7, 11) is 0. The topological polar surface area (TPSA) is 29.5 Å². The molecular formula is C11H12Cl2O2. The van der Waals surface area contributed by atoms with Crippen molar-refractivity contribution in [1.29, 1.82) is 0 Å². The summed E-state index contributed by atoms with van der Waals surface area (Å²) >= 11 is 11.8. The highest BCUT2D eigenvalue weighted by atomic mass is 35.5. The van der Waals surface area contributed by atoms with Gasteiger partial charge >= 0.3 is 0 Å². The minimum absolute atomic E-state index is 0.152. The highest BCUT2D eigenvalue weighted by Gasteiger charge is 2.27. The van der Waals surface area contributed by atoms with Crippen LogP contribution in [0.3, 0.4) is 0 Å². The maximum Gasteiger partial charge on any atom is 0.139 e. The molecular weight excluding hydrogens is 235 g/mol. The minimum atomic E-state index is -0.389. The van der Waals surface area contributed by atoms with Crippen LogP contribution in [0.25, 0.3) is 0 Å². The molecule has 4 heteroatoms. The van der Waals surface area contributed by atoms with Gasteiger partial charge in [-0.1, -0.05) is 23.2 Å². The third kappa shape index (κ3) is 2.57. The largest absolute Gasteiger partial charge is 0.486 e. The van der Waals surface area contributed by atoms with E-state index in [2.05, 4.69) is 0 Å². The third-order valence-electron chi connectivity index (χ3n) is 2.59. The predicted molar refractivity (Wildman–Crippen MR) is 60.7 cm³/mol. The molecule has 1 N–H and O–H groups in total. The van der Waals surface area contributed by atoms with Crippen LogP contribution in [0.15, 0.2) is 18.2 Å². The summed E-state index contributed by atoms with van der Waals surface area (Å²) in [6.07, 6.45) is 2.11. The molecule has 2 unspecified atom stereocenters. The zero-order valence-electron chi connectivity index (χ0n) is 8.12. The quantitative estimate of drug-likeness (QED) is 0.868. The molecule has 0 bridgehead atoms. The monoisotopic (exact) mass is 246 g/mol. The summed E-state index contributed by atoms with van der Waals surface area (Å²) in [6, 6.07) is 5.08. The van der Waals surface area contributed by atoms with Crippen LogP contribution in [0.4, 0.5) is 0 Å². The van der Waals surface area contributed by atoms with Crippen LogP contribution in [-0.2, 0) is 0 Å². The highest BCUT2D eigenvalue weighted by Crippen LogP contribution is 2.31. The first kappa shape index (κ1) is 11.1. The van der Waals surface area contributed by atoms with Crippen molar-refractivity contribution in [2.24, 2.45) is 0 Å². The van der Waals surface area contributed by atoms with E-state index in [4.69, 9.17) is 27.9 Å². The van der Waals surface area contributed by atoms with Crippen LogP contribution in [-0.4, -0.2) is 17.3 Å². The normalized spacial score (nSPS) is 25.5. The summed E-state index contributed by atoms with van der Waals surface area (Å²) in [5.41, 5.74) is 0. The molecule has 2 nitrogen and oxygen atoms in total. The number of hydrogen-bond acceptors (Lipinski definition) is 2. The summed E-state index contributed by atoms with van der Waals surface area (Å²) in [4.78, 5) is 0. The molecule has 0 aromatic heterocycles. The number of halogens is 2. The van der Waals surface area contributed by atoms with Crippen molar-refractivity contribution in [1.82, 2.24) is 0 Å². The van der Waals surface area contributed by atoms with Crippen molar-refractivity contribution in [2.75, 3.05) is 0 Å². The molecule has 1 saturated carbocycles. The van der Waals surface area contributed by atoms with E-state index in [0.717, 1.165) is 19.3 Å². The zero-order valence-corrected chi connectivity index (χ0v) is 9.63. The lowest BCUT2D eigenvalue weighted by Crippen LogP contribution is -2.25. The van der Waals surface area contributed by atoms with Crippen molar-refractivity contribution in [3.8, 4) is 5.75 Å². The van der Waals surface area contributed by atoms with Crippen molar-refractivity contribution < 1.29 is 9.84 Å². The van der Waals surface area contributed by atoms with Gasteiger partial charge in [0.2, 0.25) is 0 Å². The van der Waals surface area contributed by atoms with Crippen molar-refractivity contribution in [3.05, 3.63) is 28.2 Å². The molecule has 1 aromatic rings. The standard InChI is InChI=1S/C11H12Cl2O2/c12-7-4-5-8(13)11(6-7)15-10-3-1-2-9(10)14/h4-6,9-10,14H,1-3H2. The number of aliphatic hydroxyl groups is 1. The molecule has 15 heavy (non-hydrogen) atoms. The Bertz CT molecular complexity index is 354. The van der Waals surface area contributed by atoms with Crippen LogP contribution in [0.2, 0.25) is 10.0 Å². The Labute approximate surface area is 98.8 Å². The SMILES string of the molecule is OC1CCCC1Oc1cc(Cl)ccc1Cl. The third-order valence-corrected chi connectivity index (χ3v) is 3.14. The fourth-order valence-corrected chi connectivity index (χ4v) is 2.10. The van der Waals surface area contributed by atoms with Gasteiger partial charge in [-0.2, -0.15) is 0 Å². The summed E-state index contributed by atoms with van der Waals surface area (Å²) in [5, 5.41) is 10.7. The molecule has 2 atom stereocenters. The molecule has 0 spiro atoms. The van der Waals surface area contributed by atoms with E-state index in [0.29, 0.717) is 15.8 Å². The van der Waals surface area contributed by atoms with E-state index in [1.807, 2.05) is 0 Å². The Hall–Kier alpha value is -0.440. The Morgan fingerprint density at radius 3 is 2.73 bits per heavy atom. The van der Waals surface area contributed by atoms with Gasteiger partial charge in [-0.15, -0.1) is 0 Å². The molecule has 1 aliphatic rings. The Balaban J connectivity index is 2.12. The zero-order chi connectivity index (χ0) is 10.8. The maximum atomic E-state index is 9.61. The highest BCUT2D eigenvalue weighted by molar-refractivity contribution is 6.34. The second kappa shape index (κ2) is 4.60. The second-order valence-corrected chi connectivity index (χ2v) is 4.57. The van der Waals surface area contributed by atoms with Gasteiger partial charge in [-0.25, -0.2) is 0 Å². The number of hydrogen-bond donors (Lipinski definition) is 1. The smallest absolute Gasteiger partial charge is 0.139 e. The van der Waals surface area contributed by atoms with E-state index in [9.17, 15) is 5.11 Å². The molecule has 0 radical (unpaired) electrons. The molecule has 2 rings (SSSR count). The minimum Gasteiger partial charge on any atom is -0.486 e. The average molecular weight is 247 g/mol. The second-order valence-electron chi connectivity index (χ2n) is 3.73. The first-order valence-corrected chi connectivity index (χ1v) is 5.72. The van der Waals surface area contributed by atoms with Gasteiger partial charge in [0.1, 0.15) is 11.9 Å². The molecule has 0 aliphatic heterocycles. The lowest BCUT2D eigenvalue weighted by atomic mass is 10.2. The summed E-state index contributed by atoms with van der Waals surface area (Å²) < 4.78 is 5.63. The van der Waals surface area contributed by atoms with Crippen LogP contribution in [0, 0.1) is 0 Å². The van der Waals surface area contributed by atoms with E-state index in [1.165, 1.54) is 0 Å². The van der Waals surface area contributed by atoms with E-state index in [1.54, 1.807) is 18.2 Å². The van der Waals surface area contributed by atoms with E-state index >= 15 is 0 Å². The van der Waals surface area contributed by atoms with Gasteiger partial charge in [-0.05, 0) is 31.4 Å². The van der Waals surface area contributed by atoms with E-state index < -0.39 is 0 Å². The molecule has 0 heterocycles. The van der Waals surface area contributed by atoms with E-state index in [-0.39, 0.29) is 12.2 Å². The molecule has 82 valence electrons. The molecule has 1 aliphatic carbocycles. The lowest BCUT2D eigenvalue weighted by molar-refractivity contribution is 0.0605. The van der Waals surface area contributed by atoms with Crippen LogP contribution in [0.5, 0.6) is 5.75 Å². The average Bonchev–Trinajstić information content (AvgIpc) is 2.58. The molecule has 1 aromatic carbocycles. The van der Waals surface area contributed by atoms with Crippen LogP contribution in [0.1, 0.15) is 19.3 Å². The number of rotatable bonds is 2. The van der Waals surface area contributed by atoms with Gasteiger partial charge < -0.3 is 9.84 Å². The van der Waals surface area contributed by atoms with Gasteiger partial charge in [0.05, 0.1) is 11.1 Å². The van der Waals surface area contributed by atoms with Gasteiger partial charge in [0.25, 0.3) is 0 Å².